The van der Waals surface area contributed by atoms with Gasteiger partial charge in [0, 0.05) is 23.7 Å². The molecule has 0 bridgehead atoms. The van der Waals surface area contributed by atoms with Crippen LogP contribution in [0.1, 0.15) is 204 Å². The molecule has 0 radical (unpaired) electrons. The predicted octanol–water partition coefficient (Wildman–Crippen LogP) is 15.4. The fourth-order valence-electron chi connectivity index (χ4n) is 8.81. The highest BCUT2D eigenvalue weighted by Gasteiger charge is 2.18. The third-order valence-corrected chi connectivity index (χ3v) is 13.9. The molecule has 300 valence electrons. The molecular weight excluding hydrogens is 665 g/mol. The molecule has 0 amide bonds. The summed E-state index contributed by atoms with van der Waals surface area (Å²) in [5.41, 5.74) is 3.03. The van der Waals surface area contributed by atoms with Gasteiger partial charge in [-0.3, -0.25) is 0 Å². The number of aryl methyl sites for hydroxylation is 2. The Morgan fingerprint density at radius 1 is 0.415 bits per heavy atom. The highest BCUT2D eigenvalue weighted by atomic mass is 32.2. The average molecular weight is 747 g/mol. The van der Waals surface area contributed by atoms with E-state index in [0.717, 1.165) is 23.7 Å². The lowest BCUT2D eigenvalue weighted by Gasteiger charge is -2.24. The van der Waals surface area contributed by atoms with Crippen LogP contribution in [0.3, 0.4) is 0 Å². The van der Waals surface area contributed by atoms with Gasteiger partial charge in [-0.05, 0) is 101 Å². The summed E-state index contributed by atoms with van der Waals surface area (Å²) < 4.78 is 11.8. The van der Waals surface area contributed by atoms with E-state index >= 15 is 0 Å². The summed E-state index contributed by atoms with van der Waals surface area (Å²) in [5.74, 6) is 0. The molecule has 0 saturated carbocycles. The van der Waals surface area contributed by atoms with Crippen molar-refractivity contribution in [1.29, 1.82) is 0 Å². The molecule has 4 unspecified atom stereocenters. The Kier molecular flexibility index (Phi) is 25.9. The monoisotopic (exact) mass is 747 g/mol. The van der Waals surface area contributed by atoms with E-state index in [9.17, 15) is 0 Å². The van der Waals surface area contributed by atoms with Gasteiger partial charge in [0.15, 0.2) is 0 Å². The molecule has 3 heteroatoms. The van der Waals surface area contributed by atoms with Gasteiger partial charge < -0.3 is 9.47 Å². The molecule has 2 aromatic rings. The number of benzene rings is 2. The third-order valence-electron chi connectivity index (χ3n) is 12.2. The van der Waals surface area contributed by atoms with Crippen molar-refractivity contribution in [1.82, 2.24) is 0 Å². The van der Waals surface area contributed by atoms with Crippen LogP contribution in [-0.2, 0) is 22.3 Å². The highest BCUT2D eigenvalue weighted by molar-refractivity contribution is 8.00. The Labute approximate surface area is 333 Å². The number of unbranched alkanes of at least 4 members (excludes halogenated alkanes) is 16. The van der Waals surface area contributed by atoms with Gasteiger partial charge in [0.05, 0.1) is 12.2 Å². The minimum Gasteiger partial charge on any atom is -0.378 e. The summed E-state index contributed by atoms with van der Waals surface area (Å²) in [6.45, 7) is 2.01. The lowest BCUT2D eigenvalue weighted by atomic mass is 10.0. The molecule has 2 fully saturated rings. The molecule has 0 aromatic heterocycles. The zero-order valence-corrected chi connectivity index (χ0v) is 35.2. The van der Waals surface area contributed by atoms with Crippen molar-refractivity contribution >= 4 is 11.8 Å². The van der Waals surface area contributed by atoms with Gasteiger partial charge in [-0.25, -0.2) is 0 Å². The Bertz CT molecular complexity index is 978. The molecule has 4 rings (SSSR count). The summed E-state index contributed by atoms with van der Waals surface area (Å²) in [6, 6.07) is 22.6. The molecule has 2 aliphatic heterocycles. The number of ether oxygens (including phenoxy) is 2. The first-order chi connectivity index (χ1) is 26.3. The fourth-order valence-corrected chi connectivity index (χ4v) is 10.5. The van der Waals surface area contributed by atoms with Crippen molar-refractivity contribution in [3.63, 3.8) is 0 Å². The molecule has 0 spiro atoms. The van der Waals surface area contributed by atoms with E-state index in [0.29, 0.717) is 12.2 Å². The summed E-state index contributed by atoms with van der Waals surface area (Å²) in [5, 5.41) is 1.57. The normalized spacial score (nSPS) is 18.9. The van der Waals surface area contributed by atoms with Crippen LogP contribution < -0.4 is 0 Å². The molecule has 0 aliphatic carbocycles. The van der Waals surface area contributed by atoms with E-state index < -0.39 is 0 Å². The first-order valence-electron chi connectivity index (χ1n) is 23.3. The van der Waals surface area contributed by atoms with Crippen molar-refractivity contribution in [2.24, 2.45) is 0 Å². The van der Waals surface area contributed by atoms with Gasteiger partial charge in [-0.15, -0.1) is 0 Å². The maximum absolute atomic E-state index is 5.92. The zero-order valence-electron chi connectivity index (χ0n) is 34.3. The van der Waals surface area contributed by atoms with E-state index in [1.54, 1.807) is 0 Å². The van der Waals surface area contributed by atoms with E-state index in [1.165, 1.54) is 217 Å². The molecule has 2 nitrogen and oxygen atoms in total. The molecule has 4 atom stereocenters. The molecule has 53 heavy (non-hydrogen) atoms. The molecule has 2 saturated heterocycles. The maximum Gasteiger partial charge on any atom is 0.0575 e. The van der Waals surface area contributed by atoms with E-state index in [-0.39, 0.29) is 0 Å². The van der Waals surface area contributed by atoms with Crippen LogP contribution in [0.2, 0.25) is 0 Å². The van der Waals surface area contributed by atoms with Crippen LogP contribution in [0.15, 0.2) is 60.7 Å². The van der Waals surface area contributed by atoms with Crippen LogP contribution in [-0.4, -0.2) is 35.9 Å². The first-order valence-corrected chi connectivity index (χ1v) is 24.3. The van der Waals surface area contributed by atoms with E-state index in [1.807, 2.05) is 0 Å². The second-order valence-electron chi connectivity index (χ2n) is 16.9. The van der Waals surface area contributed by atoms with Gasteiger partial charge in [0.1, 0.15) is 0 Å². The van der Waals surface area contributed by atoms with E-state index in [4.69, 9.17) is 9.47 Å². The Morgan fingerprint density at radius 2 is 0.774 bits per heavy atom. The Hall–Kier alpha value is -1.29. The van der Waals surface area contributed by atoms with Crippen LogP contribution >= 0.6 is 11.8 Å². The quantitative estimate of drug-likeness (QED) is 0.0695. The topological polar surface area (TPSA) is 18.5 Å². The number of thioether (sulfide) groups is 1. The number of rotatable bonds is 32. The standard InChI is InChI=1S/C50H82O2S/c1(3-7-11-21-33-47-35-25-27-43-51-47)5-9-13-23-37-49(41-39-45-29-17-15-18-30-45)53-50(42-40-46-31-19-16-20-32-46)38-24-14-10-6-2-4-8-12-22-34-48-36-26-28-44-52-48/h15-20,29-32,47-50H,1-14,21-28,33-44H2. The van der Waals surface area contributed by atoms with Crippen molar-refractivity contribution in [3.05, 3.63) is 71.8 Å². The number of hydrogen-bond acceptors (Lipinski definition) is 3. The largest absolute Gasteiger partial charge is 0.378 e. The Morgan fingerprint density at radius 3 is 1.13 bits per heavy atom. The SMILES string of the molecule is c1ccc(CCC(CCCCCCCCCCCC2CCCCO2)SC(CCCCCCCCCCCC2CCCCO2)CCc2ccccc2)cc1. The van der Waals surface area contributed by atoms with Crippen LogP contribution in [0, 0.1) is 0 Å². The second kappa shape index (κ2) is 30.9. The van der Waals surface area contributed by atoms with E-state index in [2.05, 4.69) is 72.4 Å². The first kappa shape index (κ1) is 44.4. The molecule has 2 heterocycles. The van der Waals surface area contributed by atoms with Gasteiger partial charge in [-0.2, -0.15) is 11.8 Å². The highest BCUT2D eigenvalue weighted by Crippen LogP contribution is 2.33. The van der Waals surface area contributed by atoms with Crippen LogP contribution in [0.25, 0.3) is 0 Å². The predicted molar refractivity (Wildman–Crippen MR) is 233 cm³/mol. The molecular formula is C50H82O2S. The van der Waals surface area contributed by atoms with Gasteiger partial charge >= 0.3 is 0 Å². The summed E-state index contributed by atoms with van der Waals surface area (Å²) in [7, 11) is 0. The summed E-state index contributed by atoms with van der Waals surface area (Å²) >= 11 is 2.39. The minimum atomic E-state index is 0.574. The summed E-state index contributed by atoms with van der Waals surface area (Å²) in [4.78, 5) is 0. The fraction of sp³-hybridized carbons (Fsp3) is 0.760. The number of hydrogen-bond donors (Lipinski definition) is 0. The lowest BCUT2D eigenvalue weighted by Crippen LogP contribution is -2.18. The maximum atomic E-state index is 5.92. The second-order valence-corrected chi connectivity index (χ2v) is 18.5. The van der Waals surface area contributed by atoms with Crippen molar-refractivity contribution in [2.75, 3.05) is 13.2 Å². The van der Waals surface area contributed by atoms with Crippen LogP contribution in [0.5, 0.6) is 0 Å². The smallest absolute Gasteiger partial charge is 0.0575 e. The zero-order chi connectivity index (χ0) is 36.7. The van der Waals surface area contributed by atoms with Gasteiger partial charge in [0.25, 0.3) is 0 Å². The lowest BCUT2D eigenvalue weighted by molar-refractivity contribution is 0.00964. The van der Waals surface area contributed by atoms with Crippen molar-refractivity contribution in [2.45, 2.75) is 228 Å². The van der Waals surface area contributed by atoms with Gasteiger partial charge in [0.2, 0.25) is 0 Å². The molecule has 0 N–H and O–H groups in total. The molecule has 2 aliphatic rings. The van der Waals surface area contributed by atoms with Crippen molar-refractivity contribution < 1.29 is 9.47 Å². The average Bonchev–Trinajstić information content (AvgIpc) is 3.21. The molecule has 2 aromatic carbocycles. The summed E-state index contributed by atoms with van der Waals surface area (Å²) in [6.07, 6.45) is 45.1. The van der Waals surface area contributed by atoms with Gasteiger partial charge in [-0.1, -0.05) is 176 Å². The Balaban J connectivity index is 1.10. The van der Waals surface area contributed by atoms with Crippen molar-refractivity contribution in [3.8, 4) is 0 Å². The van der Waals surface area contributed by atoms with Crippen LogP contribution in [0.4, 0.5) is 0 Å². The minimum absolute atomic E-state index is 0.574. The third kappa shape index (κ3) is 22.8.